The summed E-state index contributed by atoms with van der Waals surface area (Å²) in [7, 11) is 0. The van der Waals surface area contributed by atoms with E-state index in [2.05, 4.69) is 20.8 Å². The Morgan fingerprint density at radius 3 is 2.47 bits per heavy atom. The highest BCUT2D eigenvalue weighted by Crippen LogP contribution is 2.38. The van der Waals surface area contributed by atoms with E-state index in [-0.39, 0.29) is 6.03 Å². The fourth-order valence-corrected chi connectivity index (χ4v) is 3.80. The molecule has 32 heavy (non-hydrogen) atoms. The van der Waals surface area contributed by atoms with Crippen molar-refractivity contribution < 1.29 is 22.8 Å². The van der Waals surface area contributed by atoms with Crippen molar-refractivity contribution in [2.45, 2.75) is 37.6 Å². The Kier molecular flexibility index (Phi) is 6.55. The van der Waals surface area contributed by atoms with Crippen LogP contribution in [0.25, 0.3) is 11.4 Å². The number of carbonyl (C=O) groups is 1. The van der Waals surface area contributed by atoms with Crippen molar-refractivity contribution in [1.82, 2.24) is 15.5 Å². The van der Waals surface area contributed by atoms with E-state index >= 15 is 0 Å². The number of rotatable bonds is 7. The van der Waals surface area contributed by atoms with E-state index < -0.39 is 18.6 Å². The first-order valence-electron chi connectivity index (χ1n) is 10.1. The van der Waals surface area contributed by atoms with Crippen LogP contribution in [0, 0.1) is 0 Å². The van der Waals surface area contributed by atoms with E-state index in [1.165, 1.54) is 0 Å². The normalized spacial score (nSPS) is 15.0. The molecule has 2 aromatic carbocycles. The summed E-state index contributed by atoms with van der Waals surface area (Å²) >= 11 is 5.88. The molecule has 1 fully saturated rings. The second kappa shape index (κ2) is 9.52. The number of nitrogens with zero attached hydrogens (tertiary/aromatic N) is 2. The van der Waals surface area contributed by atoms with Crippen LogP contribution in [0.5, 0.6) is 5.75 Å². The van der Waals surface area contributed by atoms with Crippen molar-refractivity contribution in [3.05, 3.63) is 59.4 Å². The Balaban J connectivity index is 1.47. The summed E-state index contributed by atoms with van der Waals surface area (Å²) in [4.78, 5) is 17.2. The Morgan fingerprint density at radius 2 is 1.81 bits per heavy atom. The van der Waals surface area contributed by atoms with Gasteiger partial charge in [0.05, 0.1) is 0 Å². The van der Waals surface area contributed by atoms with Crippen LogP contribution in [0.2, 0.25) is 5.02 Å². The minimum Gasteiger partial charge on any atom is -0.488 e. The Labute approximate surface area is 188 Å². The largest absolute Gasteiger partial charge is 0.488 e. The van der Waals surface area contributed by atoms with E-state index in [0.717, 1.165) is 12.8 Å². The first-order valence-corrected chi connectivity index (χ1v) is 10.5. The number of hydrogen-bond acceptors (Lipinski definition) is 5. The molecule has 1 aromatic heterocycles. The van der Waals surface area contributed by atoms with Crippen LogP contribution in [-0.2, 0) is 5.54 Å². The molecule has 0 unspecified atom stereocenters. The van der Waals surface area contributed by atoms with Crippen LogP contribution in [-0.4, -0.2) is 29.2 Å². The minimum absolute atomic E-state index is 0.325. The van der Waals surface area contributed by atoms with Crippen molar-refractivity contribution >= 4 is 23.3 Å². The first-order chi connectivity index (χ1) is 15.4. The standard InChI is InChI=1S/C22H21ClF2N4O3/c23-15-5-7-16(8-6-15)26-21(30)28-22(11-1-2-12-22)20-27-19(29-32-20)14-3-9-17(10-4-14)31-13-18(24)25/h3-10,18H,1-2,11-13H2,(H2,26,28,30). The molecule has 1 heterocycles. The number of anilines is 1. The molecule has 4 rings (SSSR count). The van der Waals surface area contributed by atoms with Gasteiger partial charge in [0.15, 0.2) is 0 Å². The van der Waals surface area contributed by atoms with Crippen molar-refractivity contribution in [1.29, 1.82) is 0 Å². The fourth-order valence-electron chi connectivity index (χ4n) is 3.68. The maximum atomic E-state index is 12.6. The van der Waals surface area contributed by atoms with Gasteiger partial charge in [0, 0.05) is 16.3 Å². The van der Waals surface area contributed by atoms with Gasteiger partial charge in [-0.05, 0) is 61.4 Å². The molecule has 1 aliphatic carbocycles. The number of urea groups is 1. The third kappa shape index (κ3) is 5.16. The molecule has 7 nitrogen and oxygen atoms in total. The summed E-state index contributed by atoms with van der Waals surface area (Å²) in [5.41, 5.74) is 0.491. The summed E-state index contributed by atoms with van der Waals surface area (Å²) in [6.07, 6.45) is 0.623. The predicted octanol–water partition coefficient (Wildman–Crippen LogP) is 5.62. The molecule has 1 saturated carbocycles. The van der Waals surface area contributed by atoms with E-state index in [9.17, 15) is 13.6 Å². The predicted molar refractivity (Wildman–Crippen MR) is 115 cm³/mol. The van der Waals surface area contributed by atoms with Crippen LogP contribution >= 0.6 is 11.6 Å². The number of halogens is 3. The van der Waals surface area contributed by atoms with Gasteiger partial charge in [-0.1, -0.05) is 29.6 Å². The number of hydrogen-bond donors (Lipinski definition) is 2. The smallest absolute Gasteiger partial charge is 0.320 e. The lowest BCUT2D eigenvalue weighted by Crippen LogP contribution is -2.46. The molecule has 0 saturated heterocycles. The van der Waals surface area contributed by atoms with Crippen molar-refractivity contribution in [2.75, 3.05) is 11.9 Å². The third-order valence-electron chi connectivity index (χ3n) is 5.24. The number of aromatic nitrogens is 2. The minimum atomic E-state index is -2.54. The second-order valence-electron chi connectivity index (χ2n) is 7.52. The van der Waals surface area contributed by atoms with Gasteiger partial charge in [-0.3, -0.25) is 0 Å². The summed E-state index contributed by atoms with van der Waals surface area (Å²) in [6, 6.07) is 12.9. The average molecular weight is 463 g/mol. The Hall–Kier alpha value is -3.20. The van der Waals surface area contributed by atoms with Crippen LogP contribution in [0.15, 0.2) is 53.1 Å². The maximum absolute atomic E-state index is 12.6. The molecule has 0 aliphatic heterocycles. The van der Waals surface area contributed by atoms with E-state index in [0.29, 0.717) is 46.6 Å². The van der Waals surface area contributed by atoms with Crippen molar-refractivity contribution in [2.24, 2.45) is 0 Å². The SMILES string of the molecule is O=C(Nc1ccc(Cl)cc1)NC1(c2nc(-c3ccc(OCC(F)F)cc3)no2)CCCC1. The van der Waals surface area contributed by atoms with Gasteiger partial charge in [0.1, 0.15) is 17.9 Å². The van der Waals surface area contributed by atoms with Crippen molar-refractivity contribution in [3.63, 3.8) is 0 Å². The molecule has 2 amide bonds. The van der Waals surface area contributed by atoms with Crippen molar-refractivity contribution in [3.8, 4) is 17.1 Å². The highest BCUT2D eigenvalue weighted by Gasteiger charge is 2.42. The van der Waals surface area contributed by atoms with Crippen LogP contribution < -0.4 is 15.4 Å². The van der Waals surface area contributed by atoms with Gasteiger partial charge in [0.25, 0.3) is 12.3 Å². The van der Waals surface area contributed by atoms with E-state index in [1.54, 1.807) is 48.5 Å². The highest BCUT2D eigenvalue weighted by atomic mass is 35.5. The molecule has 0 atom stereocenters. The summed E-state index contributed by atoms with van der Waals surface area (Å²) in [5, 5.41) is 10.4. The van der Waals surface area contributed by atoms with Gasteiger partial charge in [-0.25, -0.2) is 13.6 Å². The zero-order valence-electron chi connectivity index (χ0n) is 17.0. The molecule has 0 radical (unpaired) electrons. The zero-order valence-corrected chi connectivity index (χ0v) is 17.7. The highest BCUT2D eigenvalue weighted by molar-refractivity contribution is 6.30. The lowest BCUT2D eigenvalue weighted by Gasteiger charge is -2.26. The Morgan fingerprint density at radius 1 is 1.12 bits per heavy atom. The quantitative estimate of drug-likeness (QED) is 0.475. The number of ether oxygens (including phenoxy) is 1. The lowest BCUT2D eigenvalue weighted by molar-refractivity contribution is 0.0819. The molecule has 1 aliphatic rings. The van der Waals surface area contributed by atoms with Gasteiger partial charge < -0.3 is 19.9 Å². The maximum Gasteiger partial charge on any atom is 0.320 e. The van der Waals surface area contributed by atoms with E-state index in [1.807, 2.05) is 0 Å². The van der Waals surface area contributed by atoms with Gasteiger partial charge in [0.2, 0.25) is 5.82 Å². The van der Waals surface area contributed by atoms with Crippen LogP contribution in [0.1, 0.15) is 31.6 Å². The first kappa shape index (κ1) is 22.0. The summed E-state index contributed by atoms with van der Waals surface area (Å²) < 4.78 is 35.1. The lowest BCUT2D eigenvalue weighted by atomic mass is 9.97. The molecular formula is C22H21ClF2N4O3. The van der Waals surface area contributed by atoms with Crippen LogP contribution in [0.4, 0.5) is 19.3 Å². The fraction of sp³-hybridized carbons (Fsp3) is 0.318. The summed E-state index contributed by atoms with van der Waals surface area (Å²) in [5.74, 6) is 0.992. The molecule has 168 valence electrons. The Bertz CT molecular complexity index is 1050. The molecule has 3 aromatic rings. The summed E-state index contributed by atoms with van der Waals surface area (Å²) in [6.45, 7) is -0.669. The van der Waals surface area contributed by atoms with Crippen LogP contribution in [0.3, 0.4) is 0 Å². The number of amides is 2. The number of carbonyl (C=O) groups excluding carboxylic acids is 1. The monoisotopic (exact) mass is 462 g/mol. The number of benzene rings is 2. The van der Waals surface area contributed by atoms with Gasteiger partial charge in [-0.2, -0.15) is 4.98 Å². The molecule has 0 bridgehead atoms. The number of nitrogens with one attached hydrogen (secondary N) is 2. The topological polar surface area (TPSA) is 89.3 Å². The third-order valence-corrected chi connectivity index (χ3v) is 5.49. The average Bonchev–Trinajstić information content (AvgIpc) is 3.45. The van der Waals surface area contributed by atoms with Gasteiger partial charge in [-0.15, -0.1) is 0 Å². The second-order valence-corrected chi connectivity index (χ2v) is 7.96. The molecule has 2 N–H and O–H groups in total. The number of alkyl halides is 2. The molecule has 10 heteroatoms. The van der Waals surface area contributed by atoms with E-state index in [4.69, 9.17) is 20.9 Å². The molecule has 0 spiro atoms. The zero-order chi connectivity index (χ0) is 22.6. The van der Waals surface area contributed by atoms with Gasteiger partial charge >= 0.3 is 6.03 Å². The molecular weight excluding hydrogens is 442 g/mol.